The topological polar surface area (TPSA) is 65.9 Å². The molecule has 1 rings (SSSR count). The van der Waals surface area contributed by atoms with Gasteiger partial charge in [-0.2, -0.15) is 5.10 Å². The van der Waals surface area contributed by atoms with E-state index in [9.17, 15) is 5.11 Å². The highest BCUT2D eigenvalue weighted by atomic mass is 32.1. The number of aromatic hydroxyl groups is 1. The van der Waals surface area contributed by atoms with Gasteiger partial charge in [0.05, 0.1) is 12.8 Å². The van der Waals surface area contributed by atoms with Crippen molar-refractivity contribution in [1.82, 2.24) is 10.7 Å². The van der Waals surface area contributed by atoms with Crippen molar-refractivity contribution in [2.45, 2.75) is 20.3 Å². The zero-order valence-corrected chi connectivity index (χ0v) is 13.2. The minimum absolute atomic E-state index is 0.144. The number of hydrogen-bond donors (Lipinski definition) is 3. The van der Waals surface area contributed by atoms with Crippen molar-refractivity contribution in [3.8, 4) is 11.5 Å². The van der Waals surface area contributed by atoms with Crippen LogP contribution < -0.4 is 15.5 Å². The molecule has 1 aromatic rings. The summed E-state index contributed by atoms with van der Waals surface area (Å²) >= 11 is 5.01. The predicted molar refractivity (Wildman–Crippen MR) is 90.2 cm³/mol. The maximum Gasteiger partial charge on any atom is 0.186 e. The second-order valence-electron chi connectivity index (χ2n) is 4.18. The third-order valence-electron chi connectivity index (χ3n) is 2.56. The zero-order chi connectivity index (χ0) is 15.7. The van der Waals surface area contributed by atoms with Crippen molar-refractivity contribution in [3.63, 3.8) is 0 Å². The van der Waals surface area contributed by atoms with Crippen molar-refractivity contribution in [2.24, 2.45) is 5.10 Å². The standard InChI is InChI=1S/C15H21N3O2S/c1-4-7-12-8-11(9-13(14(12)19)20-6-3)10-17-18-15(21)16-5-2/h4,8-10,19H,1,5-7H2,2-3H3,(H2,16,18,21). The first-order valence-corrected chi connectivity index (χ1v) is 7.19. The molecular formula is C15H21N3O2S. The van der Waals surface area contributed by atoms with Crippen LogP contribution in [0, 0.1) is 0 Å². The first-order chi connectivity index (χ1) is 10.1. The number of benzene rings is 1. The summed E-state index contributed by atoms with van der Waals surface area (Å²) in [5.74, 6) is 0.581. The summed E-state index contributed by atoms with van der Waals surface area (Å²) in [6, 6.07) is 3.56. The van der Waals surface area contributed by atoms with E-state index < -0.39 is 0 Å². The lowest BCUT2D eigenvalue weighted by Crippen LogP contribution is -2.31. The molecule has 0 amide bonds. The molecule has 0 atom stereocenters. The highest BCUT2D eigenvalue weighted by molar-refractivity contribution is 7.80. The summed E-state index contributed by atoms with van der Waals surface area (Å²) in [6.07, 6.45) is 3.90. The molecule has 0 saturated heterocycles. The second-order valence-corrected chi connectivity index (χ2v) is 4.59. The first kappa shape index (κ1) is 17.0. The fourth-order valence-corrected chi connectivity index (χ4v) is 1.90. The molecule has 1 aromatic carbocycles. The lowest BCUT2D eigenvalue weighted by molar-refractivity contribution is 0.317. The molecule has 0 aliphatic heterocycles. The number of nitrogens with zero attached hydrogens (tertiary/aromatic N) is 1. The maximum atomic E-state index is 10.1. The van der Waals surface area contributed by atoms with Crippen LogP contribution in [-0.2, 0) is 6.42 Å². The van der Waals surface area contributed by atoms with Gasteiger partial charge in [0.25, 0.3) is 0 Å². The number of phenolic OH excluding ortho intramolecular Hbond substituents is 1. The normalized spacial score (nSPS) is 10.4. The molecule has 0 radical (unpaired) electrons. The summed E-state index contributed by atoms with van der Waals surface area (Å²) in [7, 11) is 0. The quantitative estimate of drug-likeness (QED) is 0.312. The Labute approximate surface area is 130 Å². The molecule has 21 heavy (non-hydrogen) atoms. The fraction of sp³-hybridized carbons (Fsp3) is 0.333. The number of hydrogen-bond acceptors (Lipinski definition) is 4. The average Bonchev–Trinajstić information content (AvgIpc) is 2.44. The minimum atomic E-state index is 0.144. The molecule has 0 aliphatic rings. The lowest BCUT2D eigenvalue weighted by atomic mass is 10.1. The van der Waals surface area contributed by atoms with E-state index in [2.05, 4.69) is 22.4 Å². The van der Waals surface area contributed by atoms with Crippen LogP contribution in [0.3, 0.4) is 0 Å². The SMILES string of the molecule is C=CCc1cc(C=NNC(=S)NCC)cc(OCC)c1O. The Morgan fingerprint density at radius 2 is 2.24 bits per heavy atom. The Bertz CT molecular complexity index is 530. The van der Waals surface area contributed by atoms with E-state index in [4.69, 9.17) is 17.0 Å². The fourth-order valence-electron chi connectivity index (χ4n) is 1.71. The molecule has 0 heterocycles. The van der Waals surface area contributed by atoms with Crippen LogP contribution in [0.25, 0.3) is 0 Å². The molecule has 5 nitrogen and oxygen atoms in total. The number of nitrogens with one attached hydrogen (secondary N) is 2. The molecule has 0 bridgehead atoms. The van der Waals surface area contributed by atoms with Crippen LogP contribution in [0.1, 0.15) is 25.0 Å². The van der Waals surface area contributed by atoms with E-state index in [1.165, 1.54) is 0 Å². The largest absolute Gasteiger partial charge is 0.504 e. The number of ether oxygens (including phenoxy) is 1. The number of rotatable bonds is 7. The second kappa shape index (κ2) is 8.97. The monoisotopic (exact) mass is 307 g/mol. The van der Waals surface area contributed by atoms with E-state index in [0.29, 0.717) is 23.9 Å². The van der Waals surface area contributed by atoms with Crippen LogP contribution in [0.4, 0.5) is 0 Å². The Kier molecular flexibility index (Phi) is 7.25. The van der Waals surface area contributed by atoms with E-state index in [-0.39, 0.29) is 5.75 Å². The summed E-state index contributed by atoms with van der Waals surface area (Å²) in [5.41, 5.74) is 4.26. The minimum Gasteiger partial charge on any atom is -0.504 e. The Hall–Kier alpha value is -2.08. The van der Waals surface area contributed by atoms with Gasteiger partial charge in [-0.15, -0.1) is 6.58 Å². The van der Waals surface area contributed by atoms with Gasteiger partial charge in [0.2, 0.25) is 0 Å². The molecule has 0 saturated carbocycles. The van der Waals surface area contributed by atoms with E-state index in [1.54, 1.807) is 18.4 Å². The van der Waals surface area contributed by atoms with E-state index in [1.807, 2.05) is 19.9 Å². The van der Waals surface area contributed by atoms with Gasteiger partial charge in [0.15, 0.2) is 16.6 Å². The zero-order valence-electron chi connectivity index (χ0n) is 12.3. The van der Waals surface area contributed by atoms with Crippen LogP contribution in [0.15, 0.2) is 29.9 Å². The van der Waals surface area contributed by atoms with Crippen molar-refractivity contribution in [1.29, 1.82) is 0 Å². The average molecular weight is 307 g/mol. The smallest absolute Gasteiger partial charge is 0.186 e. The molecule has 0 spiro atoms. The molecule has 0 aliphatic carbocycles. The first-order valence-electron chi connectivity index (χ1n) is 6.78. The van der Waals surface area contributed by atoms with Crippen molar-refractivity contribution in [2.75, 3.05) is 13.2 Å². The third-order valence-corrected chi connectivity index (χ3v) is 2.79. The Morgan fingerprint density at radius 3 is 2.86 bits per heavy atom. The van der Waals surface area contributed by atoms with Gasteiger partial charge in [-0.05, 0) is 50.2 Å². The highest BCUT2D eigenvalue weighted by Gasteiger charge is 2.09. The number of allylic oxidation sites excluding steroid dienone is 1. The van der Waals surface area contributed by atoms with Gasteiger partial charge in [-0.3, -0.25) is 5.43 Å². The van der Waals surface area contributed by atoms with Gasteiger partial charge in [-0.1, -0.05) is 6.08 Å². The maximum absolute atomic E-state index is 10.1. The molecule has 6 heteroatoms. The lowest BCUT2D eigenvalue weighted by Gasteiger charge is -2.11. The third kappa shape index (κ3) is 5.43. The van der Waals surface area contributed by atoms with E-state index in [0.717, 1.165) is 17.7 Å². The van der Waals surface area contributed by atoms with Crippen LogP contribution in [0.2, 0.25) is 0 Å². The van der Waals surface area contributed by atoms with Gasteiger partial charge in [-0.25, -0.2) is 0 Å². The van der Waals surface area contributed by atoms with E-state index >= 15 is 0 Å². The Morgan fingerprint density at radius 1 is 1.48 bits per heavy atom. The van der Waals surface area contributed by atoms with Gasteiger partial charge < -0.3 is 15.2 Å². The molecule has 0 aromatic heterocycles. The van der Waals surface area contributed by atoms with Crippen LogP contribution in [0.5, 0.6) is 11.5 Å². The summed E-state index contributed by atoms with van der Waals surface area (Å²) in [6.45, 7) is 8.71. The molecule has 0 unspecified atom stereocenters. The molecule has 0 fully saturated rings. The predicted octanol–water partition coefficient (Wildman–Crippen LogP) is 2.34. The van der Waals surface area contributed by atoms with Gasteiger partial charge >= 0.3 is 0 Å². The van der Waals surface area contributed by atoms with Gasteiger partial charge in [0.1, 0.15) is 0 Å². The van der Waals surface area contributed by atoms with Crippen molar-refractivity contribution in [3.05, 3.63) is 35.9 Å². The summed E-state index contributed by atoms with van der Waals surface area (Å²) < 4.78 is 5.43. The molecule has 3 N–H and O–H groups in total. The van der Waals surface area contributed by atoms with Gasteiger partial charge in [0, 0.05) is 12.1 Å². The number of hydrazone groups is 1. The molecular weight excluding hydrogens is 286 g/mol. The van der Waals surface area contributed by atoms with Crippen LogP contribution in [-0.4, -0.2) is 29.6 Å². The number of thiocarbonyl (C=S) groups is 1. The summed E-state index contributed by atoms with van der Waals surface area (Å²) in [5, 5.41) is 17.5. The number of phenols is 1. The molecule has 114 valence electrons. The highest BCUT2D eigenvalue weighted by Crippen LogP contribution is 2.31. The summed E-state index contributed by atoms with van der Waals surface area (Å²) in [4.78, 5) is 0. The van der Waals surface area contributed by atoms with Crippen LogP contribution >= 0.6 is 12.2 Å². The Balaban J connectivity index is 2.92. The van der Waals surface area contributed by atoms with Crippen molar-refractivity contribution < 1.29 is 9.84 Å². The van der Waals surface area contributed by atoms with Crippen molar-refractivity contribution >= 4 is 23.5 Å².